The molecule has 2 rings (SSSR count). The zero-order valence-corrected chi connectivity index (χ0v) is 11.8. The van der Waals surface area contributed by atoms with Crippen LogP contribution in [0.3, 0.4) is 0 Å². The summed E-state index contributed by atoms with van der Waals surface area (Å²) in [6.07, 6.45) is 1.50. The molecule has 6 heteroatoms. The molecule has 1 fully saturated rings. The number of amides is 1. The quantitative estimate of drug-likeness (QED) is 0.851. The lowest BCUT2D eigenvalue weighted by Crippen LogP contribution is -2.48. The van der Waals surface area contributed by atoms with Crippen molar-refractivity contribution in [1.82, 2.24) is 14.8 Å². The van der Waals surface area contributed by atoms with Crippen LogP contribution in [0.1, 0.15) is 12.6 Å². The molecule has 1 aromatic heterocycles. The van der Waals surface area contributed by atoms with Gasteiger partial charge in [-0.15, -0.1) is 0 Å². The predicted octanol–water partition coefficient (Wildman–Crippen LogP) is 2.01. The van der Waals surface area contributed by atoms with Gasteiger partial charge in [-0.3, -0.25) is 9.88 Å². The molecule has 0 atom stereocenters. The van der Waals surface area contributed by atoms with Crippen molar-refractivity contribution in [1.29, 1.82) is 0 Å². The van der Waals surface area contributed by atoms with Crippen LogP contribution in [0.2, 0.25) is 5.02 Å². The Bertz CT molecular complexity index is 434. The fourth-order valence-corrected chi connectivity index (χ4v) is 2.25. The van der Waals surface area contributed by atoms with E-state index in [0.717, 1.165) is 25.3 Å². The summed E-state index contributed by atoms with van der Waals surface area (Å²) in [5, 5.41) is 0.704. The van der Waals surface area contributed by atoms with Crippen LogP contribution in [0.15, 0.2) is 18.3 Å². The lowest BCUT2D eigenvalue weighted by Gasteiger charge is -2.33. The molecule has 5 nitrogen and oxygen atoms in total. The maximum absolute atomic E-state index is 11.6. The Labute approximate surface area is 118 Å². The van der Waals surface area contributed by atoms with Crippen LogP contribution in [0.25, 0.3) is 0 Å². The third-order valence-electron chi connectivity index (χ3n) is 3.06. The number of aromatic nitrogens is 1. The zero-order valence-electron chi connectivity index (χ0n) is 11.0. The smallest absolute Gasteiger partial charge is 0.409 e. The molecule has 0 saturated carbocycles. The first-order chi connectivity index (χ1) is 9.19. The first kappa shape index (κ1) is 14.1. The molecule has 0 spiro atoms. The maximum Gasteiger partial charge on any atom is 0.409 e. The second kappa shape index (κ2) is 6.73. The zero-order chi connectivity index (χ0) is 13.7. The summed E-state index contributed by atoms with van der Waals surface area (Å²) in [6.45, 7) is 6.04. The molecule has 1 saturated heterocycles. The number of halogens is 1. The second-order valence-electron chi connectivity index (χ2n) is 4.43. The summed E-state index contributed by atoms with van der Waals surface area (Å²) in [4.78, 5) is 19.8. The lowest BCUT2D eigenvalue weighted by molar-refractivity contribution is 0.0775. The fraction of sp³-hybridized carbons (Fsp3) is 0.538. The SMILES string of the molecule is CCOC(=O)N1CCN(Cc2cc(Cl)ccn2)CC1. The molecule has 19 heavy (non-hydrogen) atoms. The number of hydrogen-bond acceptors (Lipinski definition) is 4. The summed E-state index contributed by atoms with van der Waals surface area (Å²) in [6, 6.07) is 3.64. The molecule has 1 amide bonds. The highest BCUT2D eigenvalue weighted by Gasteiger charge is 2.21. The average Bonchev–Trinajstić information content (AvgIpc) is 2.40. The Hall–Kier alpha value is -1.33. The Morgan fingerprint density at radius 2 is 2.16 bits per heavy atom. The van der Waals surface area contributed by atoms with Gasteiger partial charge in [0, 0.05) is 43.9 Å². The number of nitrogens with zero attached hydrogens (tertiary/aromatic N) is 3. The summed E-state index contributed by atoms with van der Waals surface area (Å²) < 4.78 is 4.99. The van der Waals surface area contributed by atoms with E-state index in [2.05, 4.69) is 9.88 Å². The average molecular weight is 284 g/mol. The number of hydrogen-bond donors (Lipinski definition) is 0. The van der Waals surface area contributed by atoms with E-state index in [-0.39, 0.29) is 6.09 Å². The van der Waals surface area contributed by atoms with E-state index in [1.807, 2.05) is 13.0 Å². The summed E-state index contributed by atoms with van der Waals surface area (Å²) in [5.41, 5.74) is 0.956. The van der Waals surface area contributed by atoms with Gasteiger partial charge in [-0.25, -0.2) is 4.79 Å². The largest absolute Gasteiger partial charge is 0.450 e. The van der Waals surface area contributed by atoms with Gasteiger partial charge >= 0.3 is 6.09 Å². The van der Waals surface area contributed by atoms with Crippen LogP contribution < -0.4 is 0 Å². The fourth-order valence-electron chi connectivity index (χ4n) is 2.07. The van der Waals surface area contributed by atoms with Gasteiger partial charge in [-0.05, 0) is 19.1 Å². The Morgan fingerprint density at radius 1 is 1.42 bits per heavy atom. The van der Waals surface area contributed by atoms with Crippen molar-refractivity contribution in [3.63, 3.8) is 0 Å². The number of carbonyl (C=O) groups excluding carboxylic acids is 1. The van der Waals surface area contributed by atoms with Crippen LogP contribution in [0.5, 0.6) is 0 Å². The third kappa shape index (κ3) is 4.08. The van der Waals surface area contributed by atoms with Crippen molar-refractivity contribution in [2.24, 2.45) is 0 Å². The monoisotopic (exact) mass is 283 g/mol. The molecule has 2 heterocycles. The van der Waals surface area contributed by atoms with E-state index in [0.29, 0.717) is 24.7 Å². The highest BCUT2D eigenvalue weighted by molar-refractivity contribution is 6.30. The van der Waals surface area contributed by atoms with Crippen LogP contribution >= 0.6 is 11.6 Å². The number of pyridine rings is 1. The molecule has 0 N–H and O–H groups in total. The first-order valence-corrected chi connectivity index (χ1v) is 6.81. The molecule has 0 radical (unpaired) electrons. The van der Waals surface area contributed by atoms with Crippen molar-refractivity contribution in [2.45, 2.75) is 13.5 Å². The Morgan fingerprint density at radius 3 is 2.79 bits per heavy atom. The molecule has 0 aliphatic carbocycles. The summed E-state index contributed by atoms with van der Waals surface area (Å²) in [7, 11) is 0. The number of ether oxygens (including phenoxy) is 1. The normalized spacial score (nSPS) is 16.4. The molecular weight excluding hydrogens is 266 g/mol. The molecule has 0 unspecified atom stereocenters. The Kier molecular flexibility index (Phi) is 4.99. The van der Waals surface area contributed by atoms with Crippen molar-refractivity contribution < 1.29 is 9.53 Å². The molecule has 104 valence electrons. The van der Waals surface area contributed by atoms with Crippen LogP contribution in [-0.4, -0.2) is 53.7 Å². The highest BCUT2D eigenvalue weighted by Crippen LogP contribution is 2.12. The van der Waals surface area contributed by atoms with E-state index in [9.17, 15) is 4.79 Å². The van der Waals surface area contributed by atoms with Gasteiger partial charge in [0.2, 0.25) is 0 Å². The Balaban J connectivity index is 1.82. The van der Waals surface area contributed by atoms with E-state index in [1.54, 1.807) is 17.2 Å². The minimum atomic E-state index is -0.219. The highest BCUT2D eigenvalue weighted by atomic mass is 35.5. The number of piperazine rings is 1. The number of rotatable bonds is 3. The third-order valence-corrected chi connectivity index (χ3v) is 3.30. The van der Waals surface area contributed by atoms with E-state index in [4.69, 9.17) is 16.3 Å². The van der Waals surface area contributed by atoms with Gasteiger partial charge in [-0.2, -0.15) is 0 Å². The summed E-state index contributed by atoms with van der Waals surface area (Å²) >= 11 is 5.93. The van der Waals surface area contributed by atoms with Crippen molar-refractivity contribution >= 4 is 17.7 Å². The predicted molar refractivity (Wildman–Crippen MR) is 73.1 cm³/mol. The first-order valence-electron chi connectivity index (χ1n) is 6.43. The van der Waals surface area contributed by atoms with Crippen molar-refractivity contribution in [2.75, 3.05) is 32.8 Å². The van der Waals surface area contributed by atoms with Crippen LogP contribution in [-0.2, 0) is 11.3 Å². The van der Waals surface area contributed by atoms with Crippen LogP contribution in [0.4, 0.5) is 4.79 Å². The van der Waals surface area contributed by atoms with Gasteiger partial charge in [0.05, 0.1) is 12.3 Å². The van der Waals surface area contributed by atoms with Crippen molar-refractivity contribution in [3.8, 4) is 0 Å². The topological polar surface area (TPSA) is 45.7 Å². The lowest BCUT2D eigenvalue weighted by atomic mass is 10.3. The molecule has 1 aliphatic heterocycles. The van der Waals surface area contributed by atoms with Crippen LogP contribution in [0, 0.1) is 0 Å². The standard InChI is InChI=1S/C13H18ClN3O2/c1-2-19-13(18)17-7-5-16(6-8-17)10-12-9-11(14)3-4-15-12/h3-4,9H,2,5-8,10H2,1H3. The van der Waals surface area contributed by atoms with E-state index >= 15 is 0 Å². The van der Waals surface area contributed by atoms with Gasteiger partial charge in [0.15, 0.2) is 0 Å². The minimum absolute atomic E-state index is 0.219. The van der Waals surface area contributed by atoms with Gasteiger partial charge < -0.3 is 9.64 Å². The van der Waals surface area contributed by atoms with E-state index < -0.39 is 0 Å². The molecule has 0 aromatic carbocycles. The second-order valence-corrected chi connectivity index (χ2v) is 4.86. The molecular formula is C13H18ClN3O2. The van der Waals surface area contributed by atoms with Gasteiger partial charge in [0.1, 0.15) is 0 Å². The van der Waals surface area contributed by atoms with Gasteiger partial charge in [0.25, 0.3) is 0 Å². The molecule has 0 bridgehead atoms. The van der Waals surface area contributed by atoms with Gasteiger partial charge in [-0.1, -0.05) is 11.6 Å². The molecule has 1 aliphatic rings. The van der Waals surface area contributed by atoms with E-state index in [1.165, 1.54) is 0 Å². The minimum Gasteiger partial charge on any atom is -0.450 e. The van der Waals surface area contributed by atoms with Crippen molar-refractivity contribution in [3.05, 3.63) is 29.0 Å². The maximum atomic E-state index is 11.6. The summed E-state index contributed by atoms with van der Waals surface area (Å²) in [5.74, 6) is 0. The molecule has 1 aromatic rings. The number of carbonyl (C=O) groups is 1.